The van der Waals surface area contributed by atoms with Crippen LogP contribution in [0.2, 0.25) is 0 Å². The van der Waals surface area contributed by atoms with Crippen LogP contribution in [0.15, 0.2) is 0 Å². The van der Waals surface area contributed by atoms with Crippen LogP contribution in [0.1, 0.15) is 26.2 Å². The quantitative estimate of drug-likeness (QED) is 0.526. The molecule has 3 aliphatic carbocycles. The van der Waals surface area contributed by atoms with E-state index < -0.39 is 0 Å². The third kappa shape index (κ3) is 0.396. The van der Waals surface area contributed by atoms with Crippen molar-refractivity contribution in [1.29, 1.82) is 0 Å². The number of rotatable bonds is 0. The van der Waals surface area contributed by atoms with Gasteiger partial charge in [0.05, 0.1) is 0 Å². The zero-order chi connectivity index (χ0) is 8.14. The van der Waals surface area contributed by atoms with E-state index >= 15 is 0 Å². The Hall–Kier alpha value is -0.0400. The fourth-order valence-electron chi connectivity index (χ4n) is 4.99. The lowest BCUT2D eigenvalue weighted by atomic mass is 9.85. The van der Waals surface area contributed by atoms with Gasteiger partial charge >= 0.3 is 0 Å². The largest absolute Gasteiger partial charge is 0.300 e. The van der Waals surface area contributed by atoms with Crippen molar-refractivity contribution in [2.75, 3.05) is 13.6 Å². The summed E-state index contributed by atoms with van der Waals surface area (Å²) in [6, 6.07) is 0. The fourth-order valence-corrected chi connectivity index (χ4v) is 4.99. The topological polar surface area (TPSA) is 3.24 Å². The Labute approximate surface area is 74.1 Å². The predicted octanol–water partition coefficient (Wildman–Crippen LogP) is 1.74. The first-order chi connectivity index (χ1) is 5.69. The summed E-state index contributed by atoms with van der Waals surface area (Å²) in [6.45, 7) is 3.93. The highest BCUT2D eigenvalue weighted by Gasteiger charge is 2.83. The van der Waals surface area contributed by atoms with E-state index in [1.807, 2.05) is 0 Å². The van der Waals surface area contributed by atoms with Gasteiger partial charge in [-0.25, -0.2) is 0 Å². The van der Waals surface area contributed by atoms with E-state index in [2.05, 4.69) is 18.9 Å². The van der Waals surface area contributed by atoms with E-state index in [0.29, 0.717) is 0 Å². The van der Waals surface area contributed by atoms with E-state index in [4.69, 9.17) is 0 Å². The number of likely N-dealkylation sites (tertiary alicyclic amines) is 1. The molecule has 1 saturated heterocycles. The van der Waals surface area contributed by atoms with Crippen molar-refractivity contribution in [2.24, 2.45) is 23.2 Å². The molecule has 0 aromatic carbocycles. The van der Waals surface area contributed by atoms with Crippen LogP contribution in [0, 0.1) is 23.2 Å². The summed E-state index contributed by atoms with van der Waals surface area (Å²) in [5, 5.41) is 0. The Bertz CT molecular complexity index is 274. The van der Waals surface area contributed by atoms with Crippen molar-refractivity contribution >= 4 is 0 Å². The SMILES string of the molecule is CN1CCC2[C@]13CC3[C@@H]1C[C@@]21C. The van der Waals surface area contributed by atoms with Gasteiger partial charge in [0.15, 0.2) is 0 Å². The van der Waals surface area contributed by atoms with Crippen LogP contribution in [-0.2, 0) is 0 Å². The highest BCUT2D eigenvalue weighted by molar-refractivity contribution is 5.35. The van der Waals surface area contributed by atoms with Gasteiger partial charge in [-0.15, -0.1) is 0 Å². The molecule has 1 heteroatoms. The van der Waals surface area contributed by atoms with Crippen LogP contribution in [-0.4, -0.2) is 24.0 Å². The minimum Gasteiger partial charge on any atom is -0.300 e. The number of hydrogen-bond acceptors (Lipinski definition) is 1. The van der Waals surface area contributed by atoms with Gasteiger partial charge in [0, 0.05) is 5.54 Å². The first-order valence-electron chi connectivity index (χ1n) is 5.41. The molecule has 1 heterocycles. The zero-order valence-electron chi connectivity index (χ0n) is 8.01. The summed E-state index contributed by atoms with van der Waals surface area (Å²) in [7, 11) is 2.36. The standard InChI is InChI=1S/C11H17N/c1-10-5-7(10)8-6-11(8)9(10)3-4-12(11)2/h7-9H,3-6H2,1-2H3/t7-,8?,9?,10+,11+/m0/s1. The summed E-state index contributed by atoms with van der Waals surface area (Å²) in [6.07, 6.45) is 4.62. The summed E-state index contributed by atoms with van der Waals surface area (Å²) < 4.78 is 0. The smallest absolute Gasteiger partial charge is 0.0275 e. The third-order valence-electron chi connectivity index (χ3n) is 5.72. The molecule has 0 radical (unpaired) electrons. The molecule has 3 saturated carbocycles. The third-order valence-corrected chi connectivity index (χ3v) is 5.72. The molecule has 66 valence electrons. The second-order valence-corrected chi connectivity index (χ2v) is 5.88. The summed E-state index contributed by atoms with van der Waals surface area (Å²) >= 11 is 0. The summed E-state index contributed by atoms with van der Waals surface area (Å²) in [4.78, 5) is 2.68. The van der Waals surface area contributed by atoms with Crippen LogP contribution in [0.5, 0.6) is 0 Å². The van der Waals surface area contributed by atoms with Gasteiger partial charge in [-0.1, -0.05) is 6.92 Å². The monoisotopic (exact) mass is 163 g/mol. The highest BCUT2D eigenvalue weighted by atomic mass is 15.3. The molecular weight excluding hydrogens is 146 g/mol. The lowest BCUT2D eigenvalue weighted by molar-refractivity contribution is 0.212. The average Bonchev–Trinajstić information content (AvgIpc) is 2.83. The lowest BCUT2D eigenvalue weighted by Gasteiger charge is -2.26. The Morgan fingerprint density at radius 3 is 2.83 bits per heavy atom. The molecule has 2 unspecified atom stereocenters. The second kappa shape index (κ2) is 1.39. The molecule has 0 aromatic rings. The number of hydrogen-bond donors (Lipinski definition) is 0. The van der Waals surface area contributed by atoms with Crippen LogP contribution in [0.4, 0.5) is 0 Å². The van der Waals surface area contributed by atoms with Crippen molar-refractivity contribution in [3.63, 3.8) is 0 Å². The van der Waals surface area contributed by atoms with Gasteiger partial charge in [0.2, 0.25) is 0 Å². The van der Waals surface area contributed by atoms with Crippen molar-refractivity contribution < 1.29 is 0 Å². The number of fused-ring (bicyclic) bond motifs is 3. The molecule has 5 atom stereocenters. The Balaban J connectivity index is 1.85. The molecule has 0 N–H and O–H groups in total. The minimum absolute atomic E-state index is 0.748. The maximum atomic E-state index is 2.68. The molecule has 1 nitrogen and oxygen atoms in total. The first kappa shape index (κ1) is 6.42. The van der Waals surface area contributed by atoms with Gasteiger partial charge in [-0.2, -0.15) is 0 Å². The maximum absolute atomic E-state index is 2.68. The van der Waals surface area contributed by atoms with Crippen LogP contribution < -0.4 is 0 Å². The van der Waals surface area contributed by atoms with E-state index in [0.717, 1.165) is 28.7 Å². The van der Waals surface area contributed by atoms with Crippen molar-refractivity contribution in [3.05, 3.63) is 0 Å². The number of nitrogens with zero attached hydrogens (tertiary/aromatic N) is 1. The summed E-state index contributed by atoms with van der Waals surface area (Å²) in [5.74, 6) is 3.36. The van der Waals surface area contributed by atoms with Crippen molar-refractivity contribution in [1.82, 2.24) is 4.90 Å². The van der Waals surface area contributed by atoms with Gasteiger partial charge in [-0.05, 0) is 56.0 Å². The van der Waals surface area contributed by atoms with Gasteiger partial charge in [0.1, 0.15) is 0 Å². The molecular formula is C11H17N. The fraction of sp³-hybridized carbons (Fsp3) is 1.00. The van der Waals surface area contributed by atoms with Gasteiger partial charge < -0.3 is 4.90 Å². The summed E-state index contributed by atoms with van der Waals surface area (Å²) in [5.41, 5.74) is 1.56. The Morgan fingerprint density at radius 1 is 1.25 bits per heavy atom. The van der Waals surface area contributed by atoms with E-state index in [-0.39, 0.29) is 0 Å². The van der Waals surface area contributed by atoms with E-state index in [9.17, 15) is 0 Å². The van der Waals surface area contributed by atoms with Crippen molar-refractivity contribution in [2.45, 2.75) is 31.7 Å². The highest BCUT2D eigenvalue weighted by Crippen LogP contribution is 2.84. The zero-order valence-corrected chi connectivity index (χ0v) is 8.01. The molecule has 0 aromatic heterocycles. The Morgan fingerprint density at radius 2 is 2.08 bits per heavy atom. The maximum Gasteiger partial charge on any atom is 0.0275 e. The van der Waals surface area contributed by atoms with Crippen molar-refractivity contribution in [3.8, 4) is 0 Å². The van der Waals surface area contributed by atoms with Gasteiger partial charge in [-0.3, -0.25) is 0 Å². The molecule has 4 rings (SSSR count). The van der Waals surface area contributed by atoms with E-state index in [1.54, 1.807) is 12.8 Å². The van der Waals surface area contributed by atoms with E-state index in [1.165, 1.54) is 13.0 Å². The lowest BCUT2D eigenvalue weighted by Crippen LogP contribution is -2.34. The Kier molecular flexibility index (Phi) is 0.744. The van der Waals surface area contributed by atoms with Crippen LogP contribution in [0.25, 0.3) is 0 Å². The minimum atomic E-state index is 0.748. The normalized spacial score (nSPS) is 72.0. The molecule has 4 fully saturated rings. The molecule has 1 spiro atoms. The molecule has 0 bridgehead atoms. The van der Waals surface area contributed by atoms with Gasteiger partial charge in [0.25, 0.3) is 0 Å². The van der Waals surface area contributed by atoms with Crippen LogP contribution in [0.3, 0.4) is 0 Å². The molecule has 12 heavy (non-hydrogen) atoms. The molecule has 4 aliphatic rings. The average molecular weight is 163 g/mol. The second-order valence-electron chi connectivity index (χ2n) is 5.88. The molecule has 1 aliphatic heterocycles. The predicted molar refractivity (Wildman–Crippen MR) is 47.8 cm³/mol. The first-order valence-corrected chi connectivity index (χ1v) is 5.41. The van der Waals surface area contributed by atoms with Crippen LogP contribution >= 0.6 is 0 Å². The molecule has 0 amide bonds.